The maximum absolute atomic E-state index is 12.5. The number of phenols is 2. The lowest BCUT2D eigenvalue weighted by Gasteiger charge is -2.14. The molecule has 0 amide bonds. The molecule has 23 heavy (non-hydrogen) atoms. The second-order valence-electron chi connectivity index (χ2n) is 5.87. The number of hydrogen-bond acceptors (Lipinski definition) is 4. The molecule has 1 aromatic carbocycles. The molecule has 0 saturated heterocycles. The summed E-state index contributed by atoms with van der Waals surface area (Å²) in [6, 6.07) is 2.51. The third-order valence-corrected chi connectivity index (χ3v) is 5.36. The van der Waals surface area contributed by atoms with Crippen molar-refractivity contribution in [3.05, 3.63) is 17.7 Å². The highest BCUT2D eigenvalue weighted by Crippen LogP contribution is 2.32. The Labute approximate surface area is 139 Å². The number of aryl methyl sites for hydroxylation is 1. The van der Waals surface area contributed by atoms with Gasteiger partial charge < -0.3 is 10.2 Å². The molecule has 0 aliphatic heterocycles. The van der Waals surface area contributed by atoms with Gasteiger partial charge in [-0.2, -0.15) is 0 Å². The van der Waals surface area contributed by atoms with Crippen molar-refractivity contribution in [2.75, 3.05) is 6.54 Å². The number of nitrogens with one attached hydrogen (secondary N) is 1. The molecule has 5 nitrogen and oxygen atoms in total. The van der Waals surface area contributed by atoms with Gasteiger partial charge in [0.05, 0.1) is 0 Å². The molecule has 0 unspecified atom stereocenters. The van der Waals surface area contributed by atoms with Gasteiger partial charge in [-0.15, -0.1) is 0 Å². The van der Waals surface area contributed by atoms with E-state index in [0.717, 1.165) is 51.0 Å². The van der Waals surface area contributed by atoms with Crippen LogP contribution in [0.15, 0.2) is 17.0 Å². The Morgan fingerprint density at radius 3 is 2.26 bits per heavy atom. The number of sulfonamides is 1. The standard InChI is InChI=1S/C17H29NO4S/c1-3-5-7-9-11-18-23(21,22)17-14(10-8-6-4-2)12-15(19)13-16(17)20/h12-13,18-20H,3-11H2,1-2H3. The molecule has 0 bridgehead atoms. The van der Waals surface area contributed by atoms with Crippen LogP contribution < -0.4 is 4.72 Å². The summed E-state index contributed by atoms with van der Waals surface area (Å²) in [5, 5.41) is 19.7. The van der Waals surface area contributed by atoms with E-state index in [4.69, 9.17) is 0 Å². The van der Waals surface area contributed by atoms with Crippen molar-refractivity contribution in [3.63, 3.8) is 0 Å². The van der Waals surface area contributed by atoms with Gasteiger partial charge in [-0.1, -0.05) is 46.0 Å². The van der Waals surface area contributed by atoms with Crippen LogP contribution in [-0.4, -0.2) is 25.2 Å². The fraction of sp³-hybridized carbons (Fsp3) is 0.647. The Morgan fingerprint density at radius 2 is 1.61 bits per heavy atom. The fourth-order valence-corrected chi connectivity index (χ4v) is 3.95. The van der Waals surface area contributed by atoms with Crippen molar-refractivity contribution < 1.29 is 18.6 Å². The zero-order chi connectivity index (χ0) is 17.3. The van der Waals surface area contributed by atoms with Crippen LogP contribution in [0.25, 0.3) is 0 Å². The molecule has 132 valence electrons. The first-order valence-corrected chi connectivity index (χ1v) is 9.95. The molecule has 0 aliphatic carbocycles. The summed E-state index contributed by atoms with van der Waals surface area (Å²) in [6.45, 7) is 4.52. The van der Waals surface area contributed by atoms with Crippen molar-refractivity contribution in [2.24, 2.45) is 0 Å². The van der Waals surface area contributed by atoms with Gasteiger partial charge in [0.15, 0.2) is 0 Å². The van der Waals surface area contributed by atoms with Crippen LogP contribution in [0.4, 0.5) is 0 Å². The first kappa shape index (κ1) is 19.8. The summed E-state index contributed by atoms with van der Waals surface area (Å²) in [6.07, 6.45) is 7.24. The van der Waals surface area contributed by atoms with Gasteiger partial charge in [0.2, 0.25) is 10.0 Å². The predicted molar refractivity (Wildman–Crippen MR) is 92.3 cm³/mol. The second-order valence-corrected chi connectivity index (χ2v) is 7.57. The van der Waals surface area contributed by atoms with Crippen molar-refractivity contribution in [1.82, 2.24) is 4.72 Å². The molecule has 1 aromatic rings. The van der Waals surface area contributed by atoms with E-state index in [1.54, 1.807) is 0 Å². The van der Waals surface area contributed by atoms with Gasteiger partial charge >= 0.3 is 0 Å². The van der Waals surface area contributed by atoms with Gasteiger partial charge in [0.1, 0.15) is 16.4 Å². The Morgan fingerprint density at radius 1 is 0.957 bits per heavy atom. The van der Waals surface area contributed by atoms with E-state index in [1.807, 2.05) is 0 Å². The lowest BCUT2D eigenvalue weighted by molar-refractivity contribution is 0.436. The molecule has 3 N–H and O–H groups in total. The number of hydrogen-bond donors (Lipinski definition) is 3. The highest BCUT2D eigenvalue weighted by Gasteiger charge is 2.23. The molecule has 0 aliphatic rings. The molecule has 0 atom stereocenters. The van der Waals surface area contributed by atoms with Gasteiger partial charge in [0.25, 0.3) is 0 Å². The number of aromatic hydroxyl groups is 2. The van der Waals surface area contributed by atoms with E-state index >= 15 is 0 Å². The van der Waals surface area contributed by atoms with Crippen molar-refractivity contribution in [2.45, 2.75) is 70.1 Å². The lowest BCUT2D eigenvalue weighted by Crippen LogP contribution is -2.26. The fourth-order valence-electron chi connectivity index (χ4n) is 2.55. The van der Waals surface area contributed by atoms with Crippen molar-refractivity contribution in [1.29, 1.82) is 0 Å². The first-order valence-electron chi connectivity index (χ1n) is 8.46. The Kier molecular flexibility index (Phi) is 8.41. The maximum Gasteiger partial charge on any atom is 0.244 e. The Bertz CT molecular complexity index is 585. The monoisotopic (exact) mass is 343 g/mol. The third-order valence-electron chi connectivity index (χ3n) is 3.77. The maximum atomic E-state index is 12.5. The average Bonchev–Trinajstić information content (AvgIpc) is 2.46. The van der Waals surface area contributed by atoms with Crippen LogP contribution >= 0.6 is 0 Å². The predicted octanol–water partition coefficient (Wildman–Crippen LogP) is 3.69. The highest BCUT2D eigenvalue weighted by molar-refractivity contribution is 7.89. The highest BCUT2D eigenvalue weighted by atomic mass is 32.2. The minimum absolute atomic E-state index is 0.0955. The summed E-state index contributed by atoms with van der Waals surface area (Å²) in [5.74, 6) is -0.506. The van der Waals surface area contributed by atoms with Crippen LogP contribution in [0, 0.1) is 0 Å². The normalized spacial score (nSPS) is 11.7. The second kappa shape index (κ2) is 9.78. The minimum atomic E-state index is -3.77. The SMILES string of the molecule is CCCCCCNS(=O)(=O)c1c(O)cc(O)cc1CCCCC. The Balaban J connectivity index is 2.90. The number of phenolic OH excluding ortho intramolecular Hbond substituents is 2. The summed E-state index contributed by atoms with van der Waals surface area (Å²) < 4.78 is 27.6. The first-order chi connectivity index (χ1) is 10.9. The lowest BCUT2D eigenvalue weighted by atomic mass is 10.1. The number of benzene rings is 1. The van der Waals surface area contributed by atoms with Crippen LogP contribution in [-0.2, 0) is 16.4 Å². The van der Waals surface area contributed by atoms with Gasteiger partial charge in [0, 0.05) is 12.6 Å². The van der Waals surface area contributed by atoms with E-state index in [9.17, 15) is 18.6 Å². The third kappa shape index (κ3) is 6.39. The summed E-state index contributed by atoms with van der Waals surface area (Å²) in [7, 11) is -3.77. The number of unbranched alkanes of at least 4 members (excludes halogenated alkanes) is 5. The van der Waals surface area contributed by atoms with Crippen LogP contribution in [0.2, 0.25) is 0 Å². The molecule has 1 rings (SSSR count). The van der Waals surface area contributed by atoms with E-state index in [1.165, 1.54) is 6.07 Å². The van der Waals surface area contributed by atoms with Crippen molar-refractivity contribution >= 4 is 10.0 Å². The van der Waals surface area contributed by atoms with E-state index < -0.39 is 15.8 Å². The smallest absolute Gasteiger partial charge is 0.244 e. The van der Waals surface area contributed by atoms with Crippen molar-refractivity contribution in [3.8, 4) is 11.5 Å². The van der Waals surface area contributed by atoms with Gasteiger partial charge in [-0.3, -0.25) is 0 Å². The molecule has 0 radical (unpaired) electrons. The molecule has 0 heterocycles. The van der Waals surface area contributed by atoms with E-state index in [-0.39, 0.29) is 10.6 Å². The van der Waals surface area contributed by atoms with E-state index in [2.05, 4.69) is 18.6 Å². The average molecular weight is 343 g/mol. The molecule has 0 saturated carbocycles. The summed E-state index contributed by atoms with van der Waals surface area (Å²) in [4.78, 5) is -0.0955. The van der Waals surface area contributed by atoms with Crippen LogP contribution in [0.1, 0.15) is 64.4 Å². The van der Waals surface area contributed by atoms with Gasteiger partial charge in [-0.25, -0.2) is 13.1 Å². The zero-order valence-corrected chi connectivity index (χ0v) is 15.0. The van der Waals surface area contributed by atoms with Gasteiger partial charge in [-0.05, 0) is 30.9 Å². The Hall–Kier alpha value is -1.27. The van der Waals surface area contributed by atoms with Crippen LogP contribution in [0.5, 0.6) is 11.5 Å². The zero-order valence-electron chi connectivity index (χ0n) is 14.1. The summed E-state index contributed by atoms with van der Waals surface area (Å²) in [5.41, 5.74) is 0.469. The van der Waals surface area contributed by atoms with Crippen LogP contribution in [0.3, 0.4) is 0 Å². The molecule has 6 heteroatoms. The molecule has 0 fully saturated rings. The topological polar surface area (TPSA) is 86.6 Å². The molecular formula is C17H29NO4S. The molecule has 0 spiro atoms. The van der Waals surface area contributed by atoms with E-state index in [0.29, 0.717) is 18.5 Å². The molecular weight excluding hydrogens is 314 g/mol. The molecule has 0 aromatic heterocycles. The summed E-state index contributed by atoms with van der Waals surface area (Å²) >= 11 is 0. The number of rotatable bonds is 11. The minimum Gasteiger partial charge on any atom is -0.508 e. The quantitative estimate of drug-likeness (QED) is 0.535. The largest absolute Gasteiger partial charge is 0.508 e.